The van der Waals surface area contributed by atoms with Crippen LogP contribution in [0.2, 0.25) is 0 Å². The molecule has 1 aliphatic heterocycles. The molecule has 0 N–H and O–H groups in total. The Hall–Kier alpha value is -5.04. The van der Waals surface area contributed by atoms with Gasteiger partial charge in [-0.1, -0.05) is 84.9 Å². The van der Waals surface area contributed by atoms with Crippen molar-refractivity contribution in [2.45, 2.75) is 42.2 Å². The summed E-state index contributed by atoms with van der Waals surface area (Å²) in [6.45, 7) is 0. The molecule has 4 aromatic carbocycles. The Labute approximate surface area is 241 Å². The van der Waals surface area contributed by atoms with Gasteiger partial charge in [0.05, 0.1) is 35.1 Å². The zero-order valence-electron chi connectivity index (χ0n) is 22.6. The second-order valence-electron chi connectivity index (χ2n) is 11.2. The number of benzene rings is 4. The van der Waals surface area contributed by atoms with Crippen LogP contribution < -0.4 is 10.2 Å². The summed E-state index contributed by atoms with van der Waals surface area (Å²) >= 11 is 0. The van der Waals surface area contributed by atoms with Crippen molar-refractivity contribution in [3.8, 4) is 5.75 Å². The SMILES string of the molecule is O=C1C[C@@]2(C[C@@H](c3ccccc3)[C@H]([N+](=O)[O-])[C@@H](c3ccccc3)[C@@H]2c2cc(=O)c3ccccc3o2)Oc2ccccc21. The van der Waals surface area contributed by atoms with E-state index in [0.717, 1.165) is 11.1 Å². The summed E-state index contributed by atoms with van der Waals surface area (Å²) in [7, 11) is 0. The molecular weight excluding hydrogens is 530 g/mol. The summed E-state index contributed by atoms with van der Waals surface area (Å²) in [4.78, 5) is 40.1. The molecule has 1 fully saturated rings. The van der Waals surface area contributed by atoms with Crippen molar-refractivity contribution in [3.05, 3.63) is 158 Å². The minimum Gasteiger partial charge on any atom is -0.485 e. The van der Waals surface area contributed by atoms with E-state index in [9.17, 15) is 19.7 Å². The van der Waals surface area contributed by atoms with Crippen molar-refractivity contribution in [3.63, 3.8) is 0 Å². The van der Waals surface area contributed by atoms with Crippen LogP contribution in [0.5, 0.6) is 5.75 Å². The number of fused-ring (bicyclic) bond motifs is 2. The first-order chi connectivity index (χ1) is 20.4. The van der Waals surface area contributed by atoms with Gasteiger partial charge < -0.3 is 9.15 Å². The van der Waals surface area contributed by atoms with Crippen LogP contribution >= 0.6 is 0 Å². The van der Waals surface area contributed by atoms with Gasteiger partial charge in [-0.2, -0.15) is 0 Å². The van der Waals surface area contributed by atoms with Gasteiger partial charge in [-0.3, -0.25) is 19.7 Å². The predicted molar refractivity (Wildman–Crippen MR) is 158 cm³/mol. The fourth-order valence-electron chi connectivity index (χ4n) is 7.16. The molecule has 42 heavy (non-hydrogen) atoms. The Bertz CT molecular complexity index is 1870. The summed E-state index contributed by atoms with van der Waals surface area (Å²) < 4.78 is 13.3. The lowest BCUT2D eigenvalue weighted by Gasteiger charge is -2.52. The number of para-hydroxylation sites is 2. The van der Waals surface area contributed by atoms with Crippen LogP contribution in [0.4, 0.5) is 0 Å². The minimum absolute atomic E-state index is 0.0116. The van der Waals surface area contributed by atoms with Gasteiger partial charge in [-0.25, -0.2) is 0 Å². The molecule has 7 nitrogen and oxygen atoms in total. The molecular formula is C35H27NO6. The Morgan fingerprint density at radius 1 is 0.786 bits per heavy atom. The molecule has 5 atom stereocenters. The van der Waals surface area contributed by atoms with E-state index in [1.54, 1.807) is 42.5 Å². The Balaban J connectivity index is 1.54. The van der Waals surface area contributed by atoms with Gasteiger partial charge >= 0.3 is 0 Å². The van der Waals surface area contributed by atoms with Crippen molar-refractivity contribution in [1.29, 1.82) is 0 Å². The molecule has 208 valence electrons. The monoisotopic (exact) mass is 557 g/mol. The van der Waals surface area contributed by atoms with E-state index in [1.807, 2.05) is 66.7 Å². The average Bonchev–Trinajstić information content (AvgIpc) is 3.01. The summed E-state index contributed by atoms with van der Waals surface area (Å²) in [5, 5.41) is 13.5. The van der Waals surface area contributed by atoms with E-state index in [0.29, 0.717) is 22.3 Å². The zero-order chi connectivity index (χ0) is 28.8. The molecule has 2 heterocycles. The molecule has 7 rings (SSSR count). The van der Waals surface area contributed by atoms with Crippen LogP contribution in [0.1, 0.15) is 57.8 Å². The average molecular weight is 558 g/mol. The molecule has 0 radical (unpaired) electrons. The number of Topliss-reactive ketones (excluding diaryl/α,β-unsaturated/α-hetero) is 1. The maximum atomic E-state index is 13.8. The van der Waals surface area contributed by atoms with Crippen molar-refractivity contribution in [2.75, 3.05) is 0 Å². The topological polar surface area (TPSA) is 99.7 Å². The molecule has 2 aliphatic rings. The van der Waals surface area contributed by atoms with Gasteiger partial charge in [0.25, 0.3) is 0 Å². The highest BCUT2D eigenvalue weighted by molar-refractivity contribution is 6.00. The molecule has 1 spiro atoms. The van der Waals surface area contributed by atoms with Gasteiger partial charge in [0.1, 0.15) is 22.7 Å². The molecule has 0 bridgehead atoms. The predicted octanol–water partition coefficient (Wildman–Crippen LogP) is 6.90. The highest BCUT2D eigenvalue weighted by Crippen LogP contribution is 2.59. The quantitative estimate of drug-likeness (QED) is 0.176. The van der Waals surface area contributed by atoms with E-state index in [-0.39, 0.29) is 34.7 Å². The summed E-state index contributed by atoms with van der Waals surface area (Å²) in [5.74, 6) is -1.57. The van der Waals surface area contributed by atoms with Crippen LogP contribution in [-0.2, 0) is 0 Å². The summed E-state index contributed by atoms with van der Waals surface area (Å²) in [6, 6.07) is 33.1. The van der Waals surface area contributed by atoms with Crippen LogP contribution in [0, 0.1) is 10.1 Å². The van der Waals surface area contributed by atoms with Crippen LogP contribution in [0.3, 0.4) is 0 Å². The highest BCUT2D eigenvalue weighted by Gasteiger charge is 2.63. The fraction of sp³-hybridized carbons (Fsp3) is 0.200. The summed E-state index contributed by atoms with van der Waals surface area (Å²) in [6.07, 6.45) is 0.176. The summed E-state index contributed by atoms with van der Waals surface area (Å²) in [5.41, 5.74) is 0.900. The maximum absolute atomic E-state index is 13.8. The highest BCUT2D eigenvalue weighted by atomic mass is 16.6. The van der Waals surface area contributed by atoms with Gasteiger partial charge in [0.2, 0.25) is 6.04 Å². The first-order valence-corrected chi connectivity index (χ1v) is 14.0. The lowest BCUT2D eigenvalue weighted by molar-refractivity contribution is -0.537. The first-order valence-electron chi connectivity index (χ1n) is 14.0. The van der Waals surface area contributed by atoms with Gasteiger partial charge in [0.15, 0.2) is 11.2 Å². The number of carbonyl (C=O) groups is 1. The zero-order valence-corrected chi connectivity index (χ0v) is 22.6. The maximum Gasteiger partial charge on any atom is 0.227 e. The van der Waals surface area contributed by atoms with Crippen LogP contribution in [-0.4, -0.2) is 22.3 Å². The number of nitro groups is 1. The molecule has 1 aromatic heterocycles. The number of hydrogen-bond acceptors (Lipinski definition) is 6. The standard InChI is InChI=1S/C35H27NO6/c37-27-19-31(41-29-17-9-7-15-24(27)29)33-32(23-13-5-2-6-14-23)34(36(39)40)26(22-11-3-1-4-12-22)20-35(33)21-28(38)25-16-8-10-18-30(25)42-35/h1-19,26,32-34H,20-21H2/t26-,32-,33-,34-,35+/m0/s1. The number of rotatable bonds is 4. The number of nitrogens with zero attached hydrogens (tertiary/aromatic N) is 1. The second-order valence-corrected chi connectivity index (χ2v) is 11.2. The number of carbonyl (C=O) groups excluding carboxylic acids is 1. The van der Waals surface area contributed by atoms with E-state index < -0.39 is 29.4 Å². The van der Waals surface area contributed by atoms with Crippen molar-refractivity contribution >= 4 is 16.8 Å². The Kier molecular flexibility index (Phi) is 6.23. The van der Waals surface area contributed by atoms with E-state index >= 15 is 0 Å². The van der Waals surface area contributed by atoms with Gasteiger partial charge in [-0.15, -0.1) is 0 Å². The van der Waals surface area contributed by atoms with E-state index in [1.165, 1.54) is 6.07 Å². The third kappa shape index (κ3) is 4.20. The minimum atomic E-state index is -1.22. The molecule has 5 aromatic rings. The molecule has 1 saturated carbocycles. The van der Waals surface area contributed by atoms with Crippen LogP contribution in [0.15, 0.2) is 124 Å². The lowest BCUT2D eigenvalue weighted by atomic mass is 9.56. The largest absolute Gasteiger partial charge is 0.485 e. The molecule has 0 saturated heterocycles. The molecule has 7 heteroatoms. The van der Waals surface area contributed by atoms with Crippen molar-refractivity contribution < 1.29 is 18.9 Å². The normalized spacial score (nSPS) is 25.1. The second kappa shape index (κ2) is 10.1. The fourth-order valence-corrected chi connectivity index (χ4v) is 7.16. The smallest absolute Gasteiger partial charge is 0.227 e. The number of ether oxygens (including phenoxy) is 1. The van der Waals surface area contributed by atoms with Gasteiger partial charge in [-0.05, 0) is 35.4 Å². The van der Waals surface area contributed by atoms with Gasteiger partial charge in [0, 0.05) is 17.4 Å². The van der Waals surface area contributed by atoms with Crippen molar-refractivity contribution in [1.82, 2.24) is 0 Å². The Morgan fingerprint density at radius 3 is 2.17 bits per heavy atom. The number of ketones is 1. The van der Waals surface area contributed by atoms with E-state index in [4.69, 9.17) is 9.15 Å². The number of hydrogen-bond donors (Lipinski definition) is 0. The third-order valence-electron chi connectivity index (χ3n) is 8.85. The lowest BCUT2D eigenvalue weighted by Crippen LogP contribution is -2.58. The Morgan fingerprint density at radius 2 is 1.43 bits per heavy atom. The molecule has 0 unspecified atom stereocenters. The van der Waals surface area contributed by atoms with E-state index in [2.05, 4.69) is 0 Å². The van der Waals surface area contributed by atoms with Crippen LogP contribution in [0.25, 0.3) is 11.0 Å². The third-order valence-corrected chi connectivity index (χ3v) is 8.85. The molecule has 0 amide bonds. The van der Waals surface area contributed by atoms with Crippen molar-refractivity contribution in [2.24, 2.45) is 0 Å². The molecule has 1 aliphatic carbocycles. The first kappa shape index (κ1) is 25.9.